The summed E-state index contributed by atoms with van der Waals surface area (Å²) in [6, 6.07) is 13.5. The highest BCUT2D eigenvalue weighted by Crippen LogP contribution is 2.42. The Balaban J connectivity index is 1.81. The lowest BCUT2D eigenvalue weighted by molar-refractivity contribution is -0.122. The first-order valence-corrected chi connectivity index (χ1v) is 7.33. The van der Waals surface area contributed by atoms with Crippen LogP contribution in [0.2, 0.25) is 0 Å². The third-order valence-corrected chi connectivity index (χ3v) is 4.55. The highest BCUT2D eigenvalue weighted by Gasteiger charge is 2.48. The Kier molecular flexibility index (Phi) is 2.86. The Labute approximate surface area is 127 Å². The minimum absolute atomic E-state index is 0.0159. The van der Waals surface area contributed by atoms with Crippen molar-refractivity contribution < 1.29 is 14.0 Å². The van der Waals surface area contributed by atoms with E-state index in [0.717, 1.165) is 5.56 Å². The molecule has 0 N–H and O–H groups in total. The van der Waals surface area contributed by atoms with Crippen molar-refractivity contribution in [3.05, 3.63) is 65.5 Å². The van der Waals surface area contributed by atoms with Crippen LogP contribution in [0.4, 0.5) is 10.1 Å². The topological polar surface area (TPSA) is 37.4 Å². The van der Waals surface area contributed by atoms with Crippen LogP contribution in [0, 0.1) is 5.82 Å². The molecule has 1 amide bonds. The van der Waals surface area contributed by atoms with Gasteiger partial charge in [0.1, 0.15) is 11.9 Å². The molecule has 1 fully saturated rings. The Morgan fingerprint density at radius 2 is 1.82 bits per heavy atom. The second-order valence-electron chi connectivity index (χ2n) is 5.85. The van der Waals surface area contributed by atoms with E-state index in [1.165, 1.54) is 12.1 Å². The number of Topliss-reactive ketones (excluding diaryl/α,β-unsaturated/α-hetero) is 1. The fourth-order valence-electron chi connectivity index (χ4n) is 3.61. The Morgan fingerprint density at radius 3 is 2.59 bits per heavy atom. The third-order valence-electron chi connectivity index (χ3n) is 4.55. The van der Waals surface area contributed by atoms with Crippen molar-refractivity contribution in [2.75, 3.05) is 4.90 Å². The molecule has 4 rings (SSSR count). The summed E-state index contributed by atoms with van der Waals surface area (Å²) in [4.78, 5) is 26.6. The molecule has 0 spiro atoms. The summed E-state index contributed by atoms with van der Waals surface area (Å²) in [6.45, 7) is 0. The van der Waals surface area contributed by atoms with Gasteiger partial charge in [-0.05, 0) is 29.3 Å². The van der Waals surface area contributed by atoms with Gasteiger partial charge < -0.3 is 4.90 Å². The van der Waals surface area contributed by atoms with Crippen LogP contribution < -0.4 is 4.90 Å². The molecule has 110 valence electrons. The first-order chi connectivity index (χ1) is 10.6. The van der Waals surface area contributed by atoms with Gasteiger partial charge in [0.2, 0.25) is 5.91 Å². The number of nitrogens with zero attached hydrogens (tertiary/aromatic N) is 1. The third kappa shape index (κ3) is 1.87. The molecule has 0 unspecified atom stereocenters. The van der Waals surface area contributed by atoms with Crippen LogP contribution in [0.5, 0.6) is 0 Å². The van der Waals surface area contributed by atoms with E-state index < -0.39 is 6.04 Å². The molecule has 2 aromatic rings. The number of amides is 1. The van der Waals surface area contributed by atoms with Gasteiger partial charge in [0.25, 0.3) is 0 Å². The van der Waals surface area contributed by atoms with Gasteiger partial charge >= 0.3 is 0 Å². The molecule has 0 bridgehead atoms. The summed E-state index contributed by atoms with van der Waals surface area (Å²) in [7, 11) is 0. The number of anilines is 1. The van der Waals surface area contributed by atoms with Crippen molar-refractivity contribution in [3.8, 4) is 0 Å². The van der Waals surface area contributed by atoms with Crippen LogP contribution in [0.1, 0.15) is 23.5 Å². The first kappa shape index (κ1) is 13.2. The predicted octanol–water partition coefficient (Wildman–Crippen LogP) is 2.84. The lowest BCUT2D eigenvalue weighted by Crippen LogP contribution is -2.45. The van der Waals surface area contributed by atoms with Gasteiger partial charge in [-0.25, -0.2) is 4.39 Å². The van der Waals surface area contributed by atoms with E-state index in [9.17, 15) is 14.0 Å². The number of halogens is 1. The molecule has 0 aromatic heterocycles. The van der Waals surface area contributed by atoms with E-state index in [-0.39, 0.29) is 29.8 Å². The number of hydrogen-bond acceptors (Lipinski definition) is 2. The summed E-state index contributed by atoms with van der Waals surface area (Å²) in [5.74, 6) is -0.590. The van der Waals surface area contributed by atoms with Gasteiger partial charge in [-0.2, -0.15) is 0 Å². The molecule has 0 aliphatic carbocycles. The monoisotopic (exact) mass is 295 g/mol. The van der Waals surface area contributed by atoms with E-state index in [1.54, 1.807) is 11.0 Å². The summed E-state index contributed by atoms with van der Waals surface area (Å²) >= 11 is 0. The van der Waals surface area contributed by atoms with Crippen LogP contribution in [0.15, 0.2) is 48.5 Å². The maximum Gasteiger partial charge on any atom is 0.228 e. The van der Waals surface area contributed by atoms with Gasteiger partial charge in [0, 0.05) is 24.4 Å². The van der Waals surface area contributed by atoms with Gasteiger partial charge in [0.05, 0.1) is 0 Å². The molecule has 2 aliphatic heterocycles. The summed E-state index contributed by atoms with van der Waals surface area (Å²) in [5, 5.41) is 0. The molecular weight excluding hydrogens is 281 g/mol. The van der Waals surface area contributed by atoms with E-state index in [4.69, 9.17) is 0 Å². The van der Waals surface area contributed by atoms with Crippen LogP contribution in [-0.2, 0) is 16.0 Å². The normalized spacial score (nSPS) is 23.4. The standard InChI is InChI=1S/C18H14FNO2/c19-13-6-7-15-12(8-13)9-16(21)18-14(10-17(22)20(15)18)11-4-2-1-3-5-11/h1-8,14,18H,9-10H2/t14-,18+/m0/s1. The quantitative estimate of drug-likeness (QED) is 0.811. The maximum atomic E-state index is 13.4. The maximum absolute atomic E-state index is 13.4. The minimum atomic E-state index is -0.465. The number of benzene rings is 2. The highest BCUT2D eigenvalue weighted by atomic mass is 19.1. The molecule has 0 saturated carbocycles. The van der Waals surface area contributed by atoms with Gasteiger partial charge in [-0.3, -0.25) is 9.59 Å². The smallest absolute Gasteiger partial charge is 0.228 e. The van der Waals surface area contributed by atoms with Crippen LogP contribution >= 0.6 is 0 Å². The van der Waals surface area contributed by atoms with E-state index in [0.29, 0.717) is 17.7 Å². The molecular formula is C18H14FNO2. The number of fused-ring (bicyclic) bond motifs is 3. The first-order valence-electron chi connectivity index (χ1n) is 7.33. The lowest BCUT2D eigenvalue weighted by Gasteiger charge is -2.33. The molecule has 2 aliphatic rings. The Hall–Kier alpha value is -2.49. The van der Waals surface area contributed by atoms with Gasteiger partial charge in [-0.1, -0.05) is 30.3 Å². The summed E-state index contributed by atoms with van der Waals surface area (Å²) in [6.07, 6.45) is 0.502. The molecule has 2 heterocycles. The van der Waals surface area contributed by atoms with Crippen molar-refractivity contribution >= 4 is 17.4 Å². The molecule has 2 aromatic carbocycles. The fraction of sp³-hybridized carbons (Fsp3) is 0.222. The summed E-state index contributed by atoms with van der Waals surface area (Å²) in [5.41, 5.74) is 2.28. The second kappa shape index (κ2) is 4.77. The molecule has 0 radical (unpaired) electrons. The molecule has 2 atom stereocenters. The molecule has 4 heteroatoms. The van der Waals surface area contributed by atoms with Crippen molar-refractivity contribution in [1.29, 1.82) is 0 Å². The zero-order valence-corrected chi connectivity index (χ0v) is 11.8. The minimum Gasteiger partial charge on any atom is -0.301 e. The van der Waals surface area contributed by atoms with Gasteiger partial charge in [-0.15, -0.1) is 0 Å². The van der Waals surface area contributed by atoms with Crippen molar-refractivity contribution in [2.45, 2.75) is 24.8 Å². The molecule has 1 saturated heterocycles. The molecule has 3 nitrogen and oxygen atoms in total. The van der Waals surface area contributed by atoms with Crippen LogP contribution in [0.25, 0.3) is 0 Å². The average molecular weight is 295 g/mol. The lowest BCUT2D eigenvalue weighted by atomic mass is 9.85. The van der Waals surface area contributed by atoms with Crippen LogP contribution in [0.3, 0.4) is 0 Å². The van der Waals surface area contributed by atoms with E-state index >= 15 is 0 Å². The largest absolute Gasteiger partial charge is 0.301 e. The van der Waals surface area contributed by atoms with Crippen molar-refractivity contribution in [3.63, 3.8) is 0 Å². The number of carbonyl (C=O) groups is 2. The Morgan fingerprint density at radius 1 is 1.05 bits per heavy atom. The predicted molar refractivity (Wildman–Crippen MR) is 80.2 cm³/mol. The molecule has 22 heavy (non-hydrogen) atoms. The average Bonchev–Trinajstić information content (AvgIpc) is 2.87. The number of rotatable bonds is 1. The van der Waals surface area contributed by atoms with Crippen molar-refractivity contribution in [2.24, 2.45) is 0 Å². The van der Waals surface area contributed by atoms with Crippen molar-refractivity contribution in [1.82, 2.24) is 0 Å². The number of hydrogen-bond donors (Lipinski definition) is 0. The zero-order chi connectivity index (χ0) is 15.3. The van der Waals surface area contributed by atoms with Gasteiger partial charge in [0.15, 0.2) is 5.78 Å². The highest BCUT2D eigenvalue weighted by molar-refractivity contribution is 6.09. The number of ketones is 1. The zero-order valence-electron chi connectivity index (χ0n) is 11.8. The summed E-state index contributed by atoms with van der Waals surface area (Å²) < 4.78 is 13.4. The Bertz CT molecular complexity index is 772. The van der Waals surface area contributed by atoms with E-state index in [2.05, 4.69) is 0 Å². The number of carbonyl (C=O) groups excluding carboxylic acids is 2. The second-order valence-corrected chi connectivity index (χ2v) is 5.85. The SMILES string of the molecule is O=C1Cc2cc(F)ccc2N2C(=O)C[C@@H](c3ccccc3)[C@H]12. The van der Waals surface area contributed by atoms with Crippen LogP contribution in [-0.4, -0.2) is 17.7 Å². The van der Waals surface area contributed by atoms with E-state index in [1.807, 2.05) is 30.3 Å². The fourth-order valence-corrected chi connectivity index (χ4v) is 3.61.